The summed E-state index contributed by atoms with van der Waals surface area (Å²) in [4.78, 5) is 24.7. The Kier molecular flexibility index (Phi) is 11.1. The first-order valence-electron chi connectivity index (χ1n) is 17.5. The number of amides is 1. The molecule has 0 radical (unpaired) electrons. The van der Waals surface area contributed by atoms with Crippen LogP contribution in [-0.2, 0) is 38.6 Å². The van der Waals surface area contributed by atoms with Gasteiger partial charge in [0.2, 0.25) is 5.91 Å². The zero-order valence-electron chi connectivity index (χ0n) is 30.3. The summed E-state index contributed by atoms with van der Waals surface area (Å²) >= 11 is 0. The van der Waals surface area contributed by atoms with Crippen LogP contribution >= 0.6 is 0 Å². The number of ether oxygens (including phenoxy) is 2. The number of alkyl halides is 6. The van der Waals surface area contributed by atoms with Gasteiger partial charge in [0.25, 0.3) is 0 Å². The highest BCUT2D eigenvalue weighted by atomic mass is 19.4. The molecule has 4 aromatic rings. The van der Waals surface area contributed by atoms with Crippen LogP contribution in [-0.4, -0.2) is 74.4 Å². The predicted octanol–water partition coefficient (Wildman–Crippen LogP) is 8.28. The Morgan fingerprint density at radius 2 is 1.57 bits per heavy atom. The quantitative estimate of drug-likeness (QED) is 0.160. The minimum atomic E-state index is -5.09. The normalized spacial score (nSPS) is 18.4. The van der Waals surface area contributed by atoms with Gasteiger partial charge in [-0.1, -0.05) is 36.4 Å². The number of piperazine rings is 1. The number of rotatable bonds is 9. The number of pyridine rings is 1. The molecule has 2 fully saturated rings. The topological polar surface area (TPSA) is 58.1 Å². The largest absolute Gasteiger partial charge is 0.416 e. The molecule has 2 aliphatic rings. The molecule has 1 amide bonds. The Hall–Kier alpha value is -4.53. The predicted molar refractivity (Wildman–Crippen MR) is 191 cm³/mol. The number of likely N-dealkylation sites (N-methyl/N-ethyl adjacent to an activating group) is 1. The Morgan fingerprint density at radius 1 is 0.907 bits per heavy atom. The molecule has 7 nitrogen and oxygen atoms in total. The standard InChI is InChI=1S/C40H41F7N4O3/c1-25-14-30(41)10-11-33(25)34-18-36(51-21-31-23-53-13-12-50(31)20-32(51)24-54-22-26-8-6-5-7-9-26)48-19-35(34)49(4)37(52)38(2,3)27-15-28(39(42,43)44)17-29(16-27)40(45,46)47/h5-11,14-19,31-32H,12-13,20-24H2,1-4H3. The SMILES string of the molecule is Cc1cc(F)ccc1-c1cc(N2CC3COCCN3CC2COCc2ccccc2)ncc1N(C)C(=O)C(C)(C)c1cc(C(F)(F)F)cc(C(F)(F)F)c1. The lowest BCUT2D eigenvalue weighted by molar-refractivity contribution is -0.143. The minimum Gasteiger partial charge on any atom is -0.378 e. The molecular formula is C40H41F7N4O3. The number of aryl methyl sites for hydroxylation is 1. The highest BCUT2D eigenvalue weighted by Gasteiger charge is 2.42. The van der Waals surface area contributed by atoms with Crippen molar-refractivity contribution in [2.45, 2.75) is 57.2 Å². The van der Waals surface area contributed by atoms with Crippen LogP contribution in [0.4, 0.5) is 42.2 Å². The van der Waals surface area contributed by atoms with E-state index in [0.717, 1.165) is 12.1 Å². The monoisotopic (exact) mass is 758 g/mol. The number of aromatic nitrogens is 1. The average molecular weight is 759 g/mol. The maximum atomic E-state index is 14.4. The van der Waals surface area contributed by atoms with Gasteiger partial charge in [-0.2, -0.15) is 26.3 Å². The lowest BCUT2D eigenvalue weighted by Crippen LogP contribution is -2.63. The third-order valence-electron chi connectivity index (χ3n) is 10.2. The van der Waals surface area contributed by atoms with Crippen molar-refractivity contribution >= 4 is 17.4 Å². The summed E-state index contributed by atoms with van der Waals surface area (Å²) < 4.78 is 109. The number of benzene rings is 3. The summed E-state index contributed by atoms with van der Waals surface area (Å²) in [7, 11) is 1.39. The van der Waals surface area contributed by atoms with Gasteiger partial charge in [0.1, 0.15) is 11.6 Å². The maximum Gasteiger partial charge on any atom is 0.416 e. The lowest BCUT2D eigenvalue weighted by atomic mass is 9.81. The molecule has 0 spiro atoms. The van der Waals surface area contributed by atoms with Crippen LogP contribution in [0.2, 0.25) is 0 Å². The summed E-state index contributed by atoms with van der Waals surface area (Å²) in [5.74, 6) is -0.721. The summed E-state index contributed by atoms with van der Waals surface area (Å²) in [6, 6.07) is 16.8. The summed E-state index contributed by atoms with van der Waals surface area (Å²) in [5, 5.41) is 0. The number of morpholine rings is 1. The second kappa shape index (κ2) is 15.3. The number of hydrogen-bond donors (Lipinski definition) is 0. The fourth-order valence-corrected chi connectivity index (χ4v) is 7.13. The molecule has 3 heterocycles. The summed E-state index contributed by atoms with van der Waals surface area (Å²) in [5.41, 5.74) is -2.54. The van der Waals surface area contributed by atoms with Crippen LogP contribution in [0.5, 0.6) is 0 Å². The molecular weight excluding hydrogens is 717 g/mol. The fourth-order valence-electron chi connectivity index (χ4n) is 7.13. The molecule has 288 valence electrons. The molecule has 14 heteroatoms. The molecule has 0 bridgehead atoms. The van der Waals surface area contributed by atoms with Gasteiger partial charge in [-0.05, 0) is 79.4 Å². The molecule has 2 atom stereocenters. The number of anilines is 2. The molecule has 3 aromatic carbocycles. The van der Waals surface area contributed by atoms with Gasteiger partial charge in [0.05, 0.1) is 66.9 Å². The van der Waals surface area contributed by atoms with E-state index in [1.807, 2.05) is 30.3 Å². The summed E-state index contributed by atoms with van der Waals surface area (Å²) in [6.07, 6.45) is -8.72. The van der Waals surface area contributed by atoms with Gasteiger partial charge >= 0.3 is 12.4 Å². The number of halogens is 7. The van der Waals surface area contributed by atoms with E-state index in [1.165, 1.54) is 44.1 Å². The van der Waals surface area contributed by atoms with Gasteiger partial charge in [-0.25, -0.2) is 9.37 Å². The van der Waals surface area contributed by atoms with Crippen LogP contribution in [0.3, 0.4) is 0 Å². The fraction of sp³-hybridized carbons (Fsp3) is 0.400. The molecule has 0 saturated carbocycles. The van der Waals surface area contributed by atoms with Crippen molar-refractivity contribution < 1.29 is 45.0 Å². The molecule has 54 heavy (non-hydrogen) atoms. The number of hydrogen-bond acceptors (Lipinski definition) is 6. The van der Waals surface area contributed by atoms with E-state index in [4.69, 9.17) is 14.5 Å². The first-order chi connectivity index (χ1) is 25.4. The molecule has 0 aliphatic carbocycles. The second-order valence-electron chi connectivity index (χ2n) is 14.3. The number of carbonyl (C=O) groups excluding carboxylic acids is 1. The van der Waals surface area contributed by atoms with Gasteiger partial charge in [0, 0.05) is 32.2 Å². The first kappa shape index (κ1) is 39.2. The number of fused-ring (bicyclic) bond motifs is 1. The van der Waals surface area contributed by atoms with E-state index >= 15 is 0 Å². The van der Waals surface area contributed by atoms with E-state index in [0.29, 0.717) is 74.2 Å². The van der Waals surface area contributed by atoms with Crippen molar-refractivity contribution in [3.05, 3.63) is 113 Å². The van der Waals surface area contributed by atoms with E-state index in [9.17, 15) is 35.5 Å². The lowest BCUT2D eigenvalue weighted by Gasteiger charge is -2.48. The van der Waals surface area contributed by atoms with E-state index in [1.54, 1.807) is 19.1 Å². The number of nitrogens with zero attached hydrogens (tertiary/aromatic N) is 4. The average Bonchev–Trinajstić information content (AvgIpc) is 3.13. The van der Waals surface area contributed by atoms with Gasteiger partial charge in [-0.3, -0.25) is 9.69 Å². The first-order valence-corrected chi connectivity index (χ1v) is 17.5. The van der Waals surface area contributed by atoms with Gasteiger partial charge in [-0.15, -0.1) is 0 Å². The van der Waals surface area contributed by atoms with Crippen molar-refractivity contribution in [3.8, 4) is 11.1 Å². The molecule has 1 aromatic heterocycles. The van der Waals surface area contributed by atoms with Gasteiger partial charge < -0.3 is 19.3 Å². The zero-order valence-corrected chi connectivity index (χ0v) is 30.3. The highest BCUT2D eigenvalue weighted by Crippen LogP contribution is 2.42. The number of carbonyl (C=O) groups is 1. The Labute approximate surface area is 309 Å². The van der Waals surface area contributed by atoms with Crippen LogP contribution in [0, 0.1) is 12.7 Å². The summed E-state index contributed by atoms with van der Waals surface area (Å²) in [6.45, 7) is 8.15. The van der Waals surface area contributed by atoms with Crippen molar-refractivity contribution in [3.63, 3.8) is 0 Å². The third-order valence-corrected chi connectivity index (χ3v) is 10.2. The Bertz CT molecular complexity index is 1940. The van der Waals surface area contributed by atoms with Crippen LogP contribution < -0.4 is 9.80 Å². The smallest absolute Gasteiger partial charge is 0.378 e. The third kappa shape index (κ3) is 8.40. The van der Waals surface area contributed by atoms with Crippen LogP contribution in [0.15, 0.2) is 79.0 Å². The molecule has 2 unspecified atom stereocenters. The minimum absolute atomic E-state index is 0.0328. The van der Waals surface area contributed by atoms with Crippen LogP contribution in [0.1, 0.15) is 41.7 Å². The molecule has 6 rings (SSSR count). The van der Waals surface area contributed by atoms with Crippen molar-refractivity contribution in [2.24, 2.45) is 0 Å². The van der Waals surface area contributed by atoms with Crippen molar-refractivity contribution in [1.82, 2.24) is 9.88 Å². The van der Waals surface area contributed by atoms with E-state index in [-0.39, 0.29) is 23.8 Å². The van der Waals surface area contributed by atoms with Gasteiger partial charge in [0.15, 0.2) is 0 Å². The highest BCUT2D eigenvalue weighted by molar-refractivity contribution is 6.03. The maximum absolute atomic E-state index is 14.4. The van der Waals surface area contributed by atoms with Crippen molar-refractivity contribution in [2.75, 3.05) is 56.3 Å². The Balaban J connectivity index is 1.39. The molecule has 2 saturated heterocycles. The van der Waals surface area contributed by atoms with E-state index in [2.05, 4.69) is 9.80 Å². The Morgan fingerprint density at radius 3 is 2.22 bits per heavy atom. The molecule has 0 N–H and O–H groups in total. The zero-order chi connectivity index (χ0) is 39.0. The van der Waals surface area contributed by atoms with Crippen LogP contribution in [0.25, 0.3) is 11.1 Å². The van der Waals surface area contributed by atoms with E-state index < -0.39 is 46.2 Å². The second-order valence-corrected chi connectivity index (χ2v) is 14.3. The van der Waals surface area contributed by atoms with Crippen molar-refractivity contribution in [1.29, 1.82) is 0 Å². The molecule has 2 aliphatic heterocycles.